The molecule has 0 aromatic heterocycles. The Morgan fingerprint density at radius 1 is 1.10 bits per heavy atom. The van der Waals surface area contributed by atoms with Gasteiger partial charge in [0.2, 0.25) is 0 Å². The first kappa shape index (κ1) is 6.62. The van der Waals surface area contributed by atoms with Crippen molar-refractivity contribution < 1.29 is 5.11 Å². The molecule has 0 aliphatic carbocycles. The van der Waals surface area contributed by atoms with E-state index in [0.717, 1.165) is 13.0 Å². The molecule has 2 atom stereocenters. The third-order valence-corrected chi connectivity index (χ3v) is 2.82. The van der Waals surface area contributed by atoms with Gasteiger partial charge in [-0.1, -0.05) is 6.42 Å². The Morgan fingerprint density at radius 2 is 2.00 bits per heavy atom. The van der Waals surface area contributed by atoms with Gasteiger partial charge >= 0.3 is 0 Å². The zero-order valence-electron chi connectivity index (χ0n) is 6.29. The molecule has 0 bridgehead atoms. The largest absolute Gasteiger partial charge is 0.391 e. The van der Waals surface area contributed by atoms with Crippen LogP contribution in [0.15, 0.2) is 0 Å². The number of rotatable bonds is 0. The lowest BCUT2D eigenvalue weighted by Gasteiger charge is -2.30. The molecule has 58 valence electrons. The lowest BCUT2D eigenvalue weighted by molar-refractivity contribution is 0.0914. The monoisotopic (exact) mass is 141 g/mol. The number of aliphatic hydroxyl groups is 1. The van der Waals surface area contributed by atoms with Crippen LogP contribution in [0.1, 0.15) is 25.7 Å². The molecular weight excluding hydrogens is 126 g/mol. The van der Waals surface area contributed by atoms with Crippen molar-refractivity contribution in [1.29, 1.82) is 0 Å². The normalized spacial score (nSPS) is 41.7. The molecule has 0 saturated carbocycles. The molecule has 2 heteroatoms. The minimum absolute atomic E-state index is 0.0136. The summed E-state index contributed by atoms with van der Waals surface area (Å²) in [5, 5.41) is 9.48. The highest BCUT2D eigenvalue weighted by atomic mass is 16.3. The van der Waals surface area contributed by atoms with Crippen LogP contribution in [0.25, 0.3) is 0 Å². The lowest BCUT2D eigenvalue weighted by Crippen LogP contribution is -2.38. The summed E-state index contributed by atoms with van der Waals surface area (Å²) in [5.41, 5.74) is 0. The first-order valence-electron chi connectivity index (χ1n) is 4.30. The summed E-state index contributed by atoms with van der Waals surface area (Å²) in [5.74, 6) is 0. The third-order valence-electron chi connectivity index (χ3n) is 2.82. The predicted molar refractivity (Wildman–Crippen MR) is 39.8 cm³/mol. The third kappa shape index (κ3) is 0.956. The molecule has 10 heavy (non-hydrogen) atoms. The van der Waals surface area contributed by atoms with Crippen LogP contribution in [-0.4, -0.2) is 35.2 Å². The standard InChI is InChI=1S/C8H15NO/c10-8-4-6-9-5-2-1-3-7(8)9/h7-8,10H,1-6H2/t7-,8+/m1/s1. The van der Waals surface area contributed by atoms with Crippen molar-refractivity contribution in [3.05, 3.63) is 0 Å². The van der Waals surface area contributed by atoms with E-state index in [1.54, 1.807) is 0 Å². The molecule has 2 aliphatic heterocycles. The molecule has 2 fully saturated rings. The maximum absolute atomic E-state index is 9.48. The summed E-state index contributed by atoms with van der Waals surface area (Å²) < 4.78 is 0. The average Bonchev–Trinajstić information content (AvgIpc) is 2.34. The Labute approximate surface area is 61.8 Å². The Bertz CT molecular complexity index is 124. The number of hydrogen-bond acceptors (Lipinski definition) is 2. The van der Waals surface area contributed by atoms with Crippen molar-refractivity contribution in [3.63, 3.8) is 0 Å². The maximum atomic E-state index is 9.48. The molecule has 1 N–H and O–H groups in total. The Morgan fingerprint density at radius 3 is 2.80 bits per heavy atom. The van der Waals surface area contributed by atoms with Crippen LogP contribution < -0.4 is 0 Å². The van der Waals surface area contributed by atoms with Crippen LogP contribution in [-0.2, 0) is 0 Å². The van der Waals surface area contributed by atoms with E-state index < -0.39 is 0 Å². The lowest BCUT2D eigenvalue weighted by atomic mass is 10.0. The van der Waals surface area contributed by atoms with E-state index in [1.165, 1.54) is 25.8 Å². The van der Waals surface area contributed by atoms with Gasteiger partial charge in [-0.05, 0) is 25.8 Å². The first-order valence-corrected chi connectivity index (χ1v) is 4.30. The number of piperidine rings is 1. The van der Waals surface area contributed by atoms with Gasteiger partial charge in [-0.15, -0.1) is 0 Å². The Kier molecular flexibility index (Phi) is 1.66. The SMILES string of the molecule is O[C@H]1CCN2CCCC[C@H]12. The Hall–Kier alpha value is -0.0800. The molecule has 0 spiro atoms. The highest BCUT2D eigenvalue weighted by molar-refractivity contribution is 4.89. The van der Waals surface area contributed by atoms with Crippen molar-refractivity contribution in [1.82, 2.24) is 4.90 Å². The highest BCUT2D eigenvalue weighted by Gasteiger charge is 2.33. The number of hydrogen-bond donors (Lipinski definition) is 1. The van der Waals surface area contributed by atoms with Gasteiger partial charge in [0.05, 0.1) is 6.10 Å². The molecule has 0 amide bonds. The number of aliphatic hydroxyl groups excluding tert-OH is 1. The molecule has 0 unspecified atom stereocenters. The van der Waals surface area contributed by atoms with Gasteiger partial charge in [-0.2, -0.15) is 0 Å². The summed E-state index contributed by atoms with van der Waals surface area (Å²) in [6.45, 7) is 2.35. The minimum atomic E-state index is -0.0136. The van der Waals surface area contributed by atoms with Crippen molar-refractivity contribution in [2.75, 3.05) is 13.1 Å². The fourth-order valence-electron chi connectivity index (χ4n) is 2.22. The second-order valence-corrected chi connectivity index (χ2v) is 3.46. The van der Waals surface area contributed by atoms with E-state index in [2.05, 4.69) is 4.90 Å². The molecule has 2 heterocycles. The average molecular weight is 141 g/mol. The van der Waals surface area contributed by atoms with Gasteiger partial charge in [-0.3, -0.25) is 4.90 Å². The fourth-order valence-corrected chi connectivity index (χ4v) is 2.22. The zero-order valence-corrected chi connectivity index (χ0v) is 6.29. The topological polar surface area (TPSA) is 23.5 Å². The van der Waals surface area contributed by atoms with E-state index in [1.807, 2.05) is 0 Å². The van der Waals surface area contributed by atoms with Crippen LogP contribution >= 0.6 is 0 Å². The second kappa shape index (κ2) is 2.51. The predicted octanol–water partition coefficient (Wildman–Crippen LogP) is 0.606. The second-order valence-electron chi connectivity index (χ2n) is 3.46. The van der Waals surface area contributed by atoms with Crippen LogP contribution in [0.4, 0.5) is 0 Å². The van der Waals surface area contributed by atoms with E-state index in [-0.39, 0.29) is 6.10 Å². The van der Waals surface area contributed by atoms with Crippen molar-refractivity contribution in [3.8, 4) is 0 Å². The van der Waals surface area contributed by atoms with Gasteiger partial charge in [-0.25, -0.2) is 0 Å². The molecule has 2 saturated heterocycles. The zero-order chi connectivity index (χ0) is 6.97. The van der Waals surface area contributed by atoms with Crippen LogP contribution in [0.2, 0.25) is 0 Å². The first-order chi connectivity index (χ1) is 4.88. The summed E-state index contributed by atoms with van der Waals surface area (Å²) in [6, 6.07) is 0.522. The van der Waals surface area contributed by atoms with E-state index in [4.69, 9.17) is 0 Å². The quantitative estimate of drug-likeness (QED) is 0.534. The van der Waals surface area contributed by atoms with Crippen molar-refractivity contribution in [2.45, 2.75) is 37.8 Å². The van der Waals surface area contributed by atoms with E-state index in [0.29, 0.717) is 6.04 Å². The van der Waals surface area contributed by atoms with Gasteiger partial charge < -0.3 is 5.11 Å². The van der Waals surface area contributed by atoms with Crippen LogP contribution in [0, 0.1) is 0 Å². The van der Waals surface area contributed by atoms with Crippen LogP contribution in [0.3, 0.4) is 0 Å². The molecule has 0 aromatic carbocycles. The minimum Gasteiger partial charge on any atom is -0.391 e. The van der Waals surface area contributed by atoms with Crippen LogP contribution in [0.5, 0.6) is 0 Å². The Balaban J connectivity index is 2.01. The smallest absolute Gasteiger partial charge is 0.0707 e. The maximum Gasteiger partial charge on any atom is 0.0707 e. The molecule has 2 aliphatic rings. The molecule has 0 radical (unpaired) electrons. The van der Waals surface area contributed by atoms with Crippen molar-refractivity contribution >= 4 is 0 Å². The summed E-state index contributed by atoms with van der Waals surface area (Å²) in [4.78, 5) is 2.44. The fraction of sp³-hybridized carbons (Fsp3) is 1.00. The van der Waals surface area contributed by atoms with Gasteiger partial charge in [0.15, 0.2) is 0 Å². The van der Waals surface area contributed by atoms with Gasteiger partial charge in [0.1, 0.15) is 0 Å². The number of nitrogens with zero attached hydrogens (tertiary/aromatic N) is 1. The van der Waals surface area contributed by atoms with E-state index >= 15 is 0 Å². The number of fused-ring (bicyclic) bond motifs is 1. The summed E-state index contributed by atoms with van der Waals surface area (Å²) in [6.07, 6.45) is 4.87. The molecular formula is C8H15NO. The van der Waals surface area contributed by atoms with Gasteiger partial charge in [0, 0.05) is 12.6 Å². The van der Waals surface area contributed by atoms with Crippen molar-refractivity contribution in [2.24, 2.45) is 0 Å². The summed E-state index contributed by atoms with van der Waals surface area (Å²) in [7, 11) is 0. The molecule has 2 rings (SSSR count). The van der Waals surface area contributed by atoms with Gasteiger partial charge in [0.25, 0.3) is 0 Å². The molecule has 2 nitrogen and oxygen atoms in total. The van der Waals surface area contributed by atoms with E-state index in [9.17, 15) is 5.11 Å². The molecule has 0 aromatic rings. The summed E-state index contributed by atoms with van der Waals surface area (Å²) >= 11 is 0. The highest BCUT2D eigenvalue weighted by Crippen LogP contribution is 2.26.